The molecule has 0 aromatic heterocycles. The molecule has 0 heterocycles. The highest BCUT2D eigenvalue weighted by atomic mass is 35.5. The van der Waals surface area contributed by atoms with Crippen molar-refractivity contribution in [1.29, 1.82) is 0 Å². The second-order valence-corrected chi connectivity index (χ2v) is 3.57. The van der Waals surface area contributed by atoms with Crippen LogP contribution in [0.1, 0.15) is 15.9 Å². The van der Waals surface area contributed by atoms with Crippen molar-refractivity contribution in [3.63, 3.8) is 0 Å². The van der Waals surface area contributed by atoms with Crippen molar-refractivity contribution in [2.45, 2.75) is 13.1 Å². The van der Waals surface area contributed by atoms with E-state index < -0.39 is 17.5 Å². The Kier molecular flexibility index (Phi) is 3.48. The summed E-state index contributed by atoms with van der Waals surface area (Å²) in [5, 5.41) is 0.0610. The third kappa shape index (κ3) is 2.47. The molecule has 0 radical (unpaired) electrons. The number of benzene rings is 1. The minimum atomic E-state index is -4.94. The SMILES string of the molecule is COc1c(C)cc(Cl)cc1C(=O)C(F)(F)F. The zero-order chi connectivity index (χ0) is 12.5. The zero-order valence-electron chi connectivity index (χ0n) is 8.48. The summed E-state index contributed by atoms with van der Waals surface area (Å²) in [6, 6.07) is 2.37. The second-order valence-electron chi connectivity index (χ2n) is 3.13. The fourth-order valence-corrected chi connectivity index (χ4v) is 1.59. The summed E-state index contributed by atoms with van der Waals surface area (Å²) in [6.07, 6.45) is -4.94. The van der Waals surface area contributed by atoms with E-state index in [9.17, 15) is 18.0 Å². The summed E-state index contributed by atoms with van der Waals surface area (Å²) in [6.45, 7) is 1.51. The smallest absolute Gasteiger partial charge is 0.455 e. The van der Waals surface area contributed by atoms with E-state index in [4.69, 9.17) is 16.3 Å². The number of ketones is 1. The summed E-state index contributed by atoms with van der Waals surface area (Å²) >= 11 is 5.60. The van der Waals surface area contributed by atoms with E-state index >= 15 is 0 Å². The molecule has 1 aromatic rings. The normalized spacial score (nSPS) is 11.4. The molecule has 0 saturated carbocycles. The third-order valence-corrected chi connectivity index (χ3v) is 2.16. The Morgan fingerprint density at radius 3 is 2.38 bits per heavy atom. The predicted molar refractivity (Wildman–Crippen MR) is 53.1 cm³/mol. The number of carbonyl (C=O) groups is 1. The molecule has 0 saturated heterocycles. The average Bonchev–Trinajstić information content (AvgIpc) is 2.14. The van der Waals surface area contributed by atoms with Crippen LogP contribution in [0.5, 0.6) is 5.75 Å². The lowest BCUT2D eigenvalue weighted by molar-refractivity contribution is -0.0886. The Morgan fingerprint density at radius 1 is 1.38 bits per heavy atom. The Bertz CT molecular complexity index is 427. The summed E-state index contributed by atoms with van der Waals surface area (Å²) in [4.78, 5) is 11.1. The van der Waals surface area contributed by atoms with Gasteiger partial charge in [-0.25, -0.2) is 0 Å². The van der Waals surface area contributed by atoms with Gasteiger partial charge in [0.2, 0.25) is 0 Å². The maximum Gasteiger partial charge on any atom is 0.455 e. The molecular weight excluding hydrogens is 245 g/mol. The van der Waals surface area contributed by atoms with Gasteiger partial charge in [0.1, 0.15) is 5.75 Å². The fraction of sp³-hybridized carbons (Fsp3) is 0.300. The van der Waals surface area contributed by atoms with Gasteiger partial charge in [0, 0.05) is 5.02 Å². The monoisotopic (exact) mass is 252 g/mol. The minimum absolute atomic E-state index is 0.0610. The van der Waals surface area contributed by atoms with Crippen molar-refractivity contribution in [2.75, 3.05) is 7.11 Å². The standard InChI is InChI=1S/C10H8ClF3O2/c1-5-3-6(11)4-7(8(5)16-2)9(15)10(12,13)14/h3-4H,1-2H3. The first kappa shape index (κ1) is 12.8. The molecule has 0 unspecified atom stereocenters. The van der Waals surface area contributed by atoms with Crippen molar-refractivity contribution in [1.82, 2.24) is 0 Å². The van der Waals surface area contributed by atoms with Crippen LogP contribution in [0.2, 0.25) is 5.02 Å². The zero-order valence-corrected chi connectivity index (χ0v) is 9.24. The van der Waals surface area contributed by atoms with E-state index in [0.717, 1.165) is 6.07 Å². The van der Waals surface area contributed by atoms with Crippen LogP contribution in [-0.2, 0) is 0 Å². The quantitative estimate of drug-likeness (QED) is 0.754. The van der Waals surface area contributed by atoms with Crippen molar-refractivity contribution >= 4 is 17.4 Å². The van der Waals surface area contributed by atoms with Gasteiger partial charge in [0.05, 0.1) is 12.7 Å². The van der Waals surface area contributed by atoms with Crippen LogP contribution in [0.4, 0.5) is 13.2 Å². The number of alkyl halides is 3. The maximum atomic E-state index is 12.3. The van der Waals surface area contributed by atoms with E-state index in [1.54, 1.807) is 0 Å². The number of aryl methyl sites for hydroxylation is 1. The molecule has 6 heteroatoms. The molecule has 0 aliphatic heterocycles. The molecule has 88 valence electrons. The van der Waals surface area contributed by atoms with Gasteiger partial charge in [-0.3, -0.25) is 4.79 Å². The van der Waals surface area contributed by atoms with Gasteiger partial charge < -0.3 is 4.74 Å². The summed E-state index contributed by atoms with van der Waals surface area (Å²) in [5.74, 6) is -2.07. The molecule has 0 aliphatic rings. The number of carbonyl (C=O) groups excluding carboxylic acids is 1. The van der Waals surface area contributed by atoms with Crippen LogP contribution in [0.15, 0.2) is 12.1 Å². The average molecular weight is 253 g/mol. The summed E-state index contributed by atoms with van der Waals surface area (Å²) in [5.41, 5.74) is -0.192. The van der Waals surface area contributed by atoms with Crippen LogP contribution < -0.4 is 4.74 Å². The van der Waals surface area contributed by atoms with Gasteiger partial charge in [-0.2, -0.15) is 13.2 Å². The minimum Gasteiger partial charge on any atom is -0.496 e. The van der Waals surface area contributed by atoms with Crippen LogP contribution >= 0.6 is 11.6 Å². The fourth-order valence-electron chi connectivity index (χ4n) is 1.32. The molecule has 0 amide bonds. The van der Waals surface area contributed by atoms with Gasteiger partial charge in [-0.15, -0.1) is 0 Å². The summed E-state index contributed by atoms with van der Waals surface area (Å²) in [7, 11) is 1.20. The van der Waals surface area contributed by atoms with Gasteiger partial charge >= 0.3 is 6.18 Å². The highest BCUT2D eigenvalue weighted by Gasteiger charge is 2.41. The van der Waals surface area contributed by atoms with Crippen LogP contribution in [0.25, 0.3) is 0 Å². The molecule has 0 bridgehead atoms. The number of Topliss-reactive ketones (excluding diaryl/α,β-unsaturated/α-hetero) is 1. The molecule has 0 atom stereocenters. The van der Waals surface area contributed by atoms with E-state index in [1.165, 1.54) is 20.1 Å². The van der Waals surface area contributed by atoms with Gasteiger partial charge in [-0.1, -0.05) is 11.6 Å². The van der Waals surface area contributed by atoms with Gasteiger partial charge in [0.15, 0.2) is 0 Å². The van der Waals surface area contributed by atoms with E-state index in [0.29, 0.717) is 5.56 Å². The van der Waals surface area contributed by atoms with Crippen molar-refractivity contribution < 1.29 is 22.7 Å². The van der Waals surface area contributed by atoms with Crippen LogP contribution in [-0.4, -0.2) is 19.1 Å². The number of ether oxygens (including phenoxy) is 1. The van der Waals surface area contributed by atoms with Crippen LogP contribution in [0.3, 0.4) is 0 Å². The molecule has 16 heavy (non-hydrogen) atoms. The maximum absolute atomic E-state index is 12.3. The van der Waals surface area contributed by atoms with Gasteiger partial charge in [-0.05, 0) is 24.6 Å². The van der Waals surface area contributed by atoms with E-state index in [-0.39, 0.29) is 10.8 Å². The molecule has 0 spiro atoms. The Hall–Kier alpha value is -1.23. The predicted octanol–water partition coefficient (Wildman–Crippen LogP) is 3.40. The second kappa shape index (κ2) is 4.33. The number of hydrogen-bond donors (Lipinski definition) is 0. The van der Waals surface area contributed by atoms with E-state index in [2.05, 4.69) is 0 Å². The lowest BCUT2D eigenvalue weighted by atomic mass is 10.1. The Labute approximate surface area is 95.0 Å². The first-order chi connectivity index (χ1) is 7.27. The first-order valence-electron chi connectivity index (χ1n) is 4.23. The van der Waals surface area contributed by atoms with Crippen molar-refractivity contribution in [2.24, 2.45) is 0 Å². The van der Waals surface area contributed by atoms with Crippen molar-refractivity contribution in [3.05, 3.63) is 28.3 Å². The number of rotatable bonds is 2. The van der Waals surface area contributed by atoms with Crippen molar-refractivity contribution in [3.8, 4) is 5.75 Å². The molecule has 1 aromatic carbocycles. The number of halogens is 4. The third-order valence-electron chi connectivity index (χ3n) is 1.95. The Morgan fingerprint density at radius 2 is 1.94 bits per heavy atom. The molecule has 0 aliphatic carbocycles. The topological polar surface area (TPSA) is 26.3 Å². The molecule has 1 rings (SSSR count). The summed E-state index contributed by atoms with van der Waals surface area (Å²) < 4.78 is 41.6. The van der Waals surface area contributed by atoms with Crippen LogP contribution in [0, 0.1) is 6.92 Å². The lowest BCUT2D eigenvalue weighted by Crippen LogP contribution is -2.23. The Balaban J connectivity index is 3.38. The number of methoxy groups -OCH3 is 1. The highest BCUT2D eigenvalue weighted by Crippen LogP contribution is 2.32. The van der Waals surface area contributed by atoms with Gasteiger partial charge in [0.25, 0.3) is 5.78 Å². The highest BCUT2D eigenvalue weighted by molar-refractivity contribution is 6.31. The molecule has 0 fully saturated rings. The largest absolute Gasteiger partial charge is 0.496 e. The molecule has 2 nitrogen and oxygen atoms in total. The van der Waals surface area contributed by atoms with E-state index in [1.807, 2.05) is 0 Å². The lowest BCUT2D eigenvalue weighted by Gasteiger charge is -2.12. The molecular formula is C10H8ClF3O2. The number of hydrogen-bond acceptors (Lipinski definition) is 2. The molecule has 0 N–H and O–H groups in total. The first-order valence-corrected chi connectivity index (χ1v) is 4.61.